The second-order valence-electron chi connectivity index (χ2n) is 12.9. The molecule has 0 aromatic heterocycles. The molecule has 3 nitrogen and oxygen atoms in total. The fourth-order valence-electron chi connectivity index (χ4n) is 6.85. The van der Waals surface area contributed by atoms with Crippen LogP contribution in [0.4, 0.5) is 17.1 Å². The largest absolute Gasteiger partial charge is 0.399 e. The van der Waals surface area contributed by atoms with E-state index in [2.05, 4.69) is 93.6 Å². The van der Waals surface area contributed by atoms with Crippen LogP contribution in [0.2, 0.25) is 0 Å². The molecule has 0 aliphatic carbocycles. The van der Waals surface area contributed by atoms with Crippen LogP contribution in [0.15, 0.2) is 72.8 Å². The van der Waals surface area contributed by atoms with Crippen LogP contribution in [-0.2, 0) is 19.3 Å². The summed E-state index contributed by atoms with van der Waals surface area (Å²) in [5.74, 6) is 0. The minimum Gasteiger partial charge on any atom is -0.399 e. The number of hydrogen-bond acceptors (Lipinski definition) is 3. The van der Waals surface area contributed by atoms with Crippen molar-refractivity contribution in [2.75, 3.05) is 17.2 Å². The lowest BCUT2D eigenvalue weighted by Gasteiger charge is -2.28. The van der Waals surface area contributed by atoms with E-state index in [1.54, 1.807) is 0 Å². The van der Waals surface area contributed by atoms with Crippen LogP contribution in [-0.4, -0.2) is 0 Å². The van der Waals surface area contributed by atoms with Crippen molar-refractivity contribution in [3.63, 3.8) is 0 Å². The van der Waals surface area contributed by atoms with Crippen molar-refractivity contribution in [1.29, 1.82) is 0 Å². The number of nitrogen functional groups attached to an aromatic ring is 3. The highest BCUT2D eigenvalue weighted by Gasteiger charge is 2.26. The van der Waals surface area contributed by atoms with Gasteiger partial charge in [-0.3, -0.25) is 0 Å². The van der Waals surface area contributed by atoms with Crippen molar-refractivity contribution in [1.82, 2.24) is 0 Å². The zero-order chi connectivity index (χ0) is 32.0. The summed E-state index contributed by atoms with van der Waals surface area (Å²) < 4.78 is 0. The van der Waals surface area contributed by atoms with Crippen LogP contribution < -0.4 is 17.2 Å². The number of unbranched alkanes of at least 4 members (excludes halogenated alkanes) is 9. The van der Waals surface area contributed by atoms with Crippen molar-refractivity contribution in [3.8, 4) is 33.4 Å². The molecule has 4 rings (SSSR count). The third-order valence-electron chi connectivity index (χ3n) is 9.25. The van der Waals surface area contributed by atoms with Gasteiger partial charge in [0.25, 0.3) is 0 Å². The van der Waals surface area contributed by atoms with E-state index in [9.17, 15) is 0 Å². The third-order valence-corrected chi connectivity index (χ3v) is 9.25. The molecule has 0 saturated carbocycles. The summed E-state index contributed by atoms with van der Waals surface area (Å²) in [4.78, 5) is 0. The average Bonchev–Trinajstić information content (AvgIpc) is 3.05. The molecule has 0 spiro atoms. The Morgan fingerprint density at radius 3 is 0.800 bits per heavy atom. The summed E-state index contributed by atoms with van der Waals surface area (Å²) in [7, 11) is 0. The van der Waals surface area contributed by atoms with Crippen molar-refractivity contribution in [2.45, 2.75) is 117 Å². The first kappa shape index (κ1) is 34.2. The van der Waals surface area contributed by atoms with Crippen LogP contribution in [0.25, 0.3) is 33.4 Å². The SMILES string of the molecule is CCCCCCc1c(-c2ccc(N)cc2)c(CCCCCC)c(-c2ccc(N)cc2)c(CCCCCC)c1-c1ccc(N)cc1. The van der Waals surface area contributed by atoms with Crippen LogP contribution in [0, 0.1) is 0 Å². The van der Waals surface area contributed by atoms with E-state index in [1.165, 1.54) is 127 Å². The maximum atomic E-state index is 6.26. The van der Waals surface area contributed by atoms with E-state index >= 15 is 0 Å². The van der Waals surface area contributed by atoms with Crippen molar-refractivity contribution in [3.05, 3.63) is 89.5 Å². The molecule has 240 valence electrons. The van der Waals surface area contributed by atoms with Gasteiger partial charge in [-0.1, -0.05) is 115 Å². The molecular weight excluding hydrogens is 546 g/mol. The summed E-state index contributed by atoms with van der Waals surface area (Å²) in [6.07, 6.45) is 18.0. The van der Waals surface area contributed by atoms with Crippen molar-refractivity contribution >= 4 is 17.1 Å². The summed E-state index contributed by atoms with van der Waals surface area (Å²) in [6, 6.07) is 25.9. The van der Waals surface area contributed by atoms with Gasteiger partial charge in [-0.25, -0.2) is 0 Å². The molecule has 0 aliphatic heterocycles. The molecule has 0 atom stereocenters. The first-order valence-corrected chi connectivity index (χ1v) is 17.8. The average molecular weight is 604 g/mol. The van der Waals surface area contributed by atoms with Gasteiger partial charge in [0.05, 0.1) is 0 Å². The van der Waals surface area contributed by atoms with E-state index < -0.39 is 0 Å². The van der Waals surface area contributed by atoms with Gasteiger partial charge in [-0.2, -0.15) is 0 Å². The Morgan fingerprint density at radius 1 is 0.333 bits per heavy atom. The zero-order valence-electron chi connectivity index (χ0n) is 28.3. The number of benzene rings is 4. The lowest BCUT2D eigenvalue weighted by molar-refractivity contribution is 0.657. The molecule has 0 amide bonds. The summed E-state index contributed by atoms with van der Waals surface area (Å²) in [5.41, 5.74) is 33.7. The zero-order valence-corrected chi connectivity index (χ0v) is 28.3. The van der Waals surface area contributed by atoms with Gasteiger partial charge in [0.15, 0.2) is 0 Å². The Labute approximate surface area is 273 Å². The molecule has 0 fully saturated rings. The molecule has 4 aromatic rings. The summed E-state index contributed by atoms with van der Waals surface area (Å²) in [5, 5.41) is 0. The van der Waals surface area contributed by atoms with E-state index in [4.69, 9.17) is 17.2 Å². The van der Waals surface area contributed by atoms with Gasteiger partial charge in [-0.15, -0.1) is 0 Å². The third kappa shape index (κ3) is 9.16. The summed E-state index contributed by atoms with van der Waals surface area (Å²) >= 11 is 0. The van der Waals surface area contributed by atoms with Crippen LogP contribution >= 0.6 is 0 Å². The second-order valence-corrected chi connectivity index (χ2v) is 12.9. The Kier molecular flexibility index (Phi) is 13.4. The maximum absolute atomic E-state index is 6.26. The molecular formula is C42H57N3. The van der Waals surface area contributed by atoms with E-state index in [-0.39, 0.29) is 0 Å². The Hall–Kier alpha value is -3.72. The van der Waals surface area contributed by atoms with Gasteiger partial charge in [0, 0.05) is 17.1 Å². The highest BCUT2D eigenvalue weighted by atomic mass is 14.5. The van der Waals surface area contributed by atoms with Crippen molar-refractivity contribution in [2.24, 2.45) is 0 Å². The molecule has 0 unspecified atom stereocenters. The predicted octanol–water partition coefficient (Wildman–Crippen LogP) is 11.8. The molecule has 0 saturated heterocycles. The Morgan fingerprint density at radius 2 is 0.578 bits per heavy atom. The lowest BCUT2D eigenvalue weighted by atomic mass is 9.75. The molecule has 45 heavy (non-hydrogen) atoms. The molecule has 0 bridgehead atoms. The van der Waals surface area contributed by atoms with Gasteiger partial charge in [-0.05, 0) is 125 Å². The minimum absolute atomic E-state index is 0.804. The highest BCUT2D eigenvalue weighted by molar-refractivity contribution is 5.92. The summed E-state index contributed by atoms with van der Waals surface area (Å²) in [6.45, 7) is 6.89. The van der Waals surface area contributed by atoms with Gasteiger partial charge >= 0.3 is 0 Å². The molecule has 3 heteroatoms. The van der Waals surface area contributed by atoms with Crippen LogP contribution in [0.5, 0.6) is 0 Å². The van der Waals surface area contributed by atoms with Crippen LogP contribution in [0.1, 0.15) is 115 Å². The van der Waals surface area contributed by atoms with Gasteiger partial charge in [0.1, 0.15) is 0 Å². The van der Waals surface area contributed by atoms with E-state index in [0.29, 0.717) is 0 Å². The van der Waals surface area contributed by atoms with Gasteiger partial charge < -0.3 is 17.2 Å². The fraction of sp³-hybridized carbons (Fsp3) is 0.429. The molecule has 0 heterocycles. The number of hydrogen-bond donors (Lipinski definition) is 3. The molecule has 6 N–H and O–H groups in total. The Balaban J connectivity index is 2.12. The normalized spacial score (nSPS) is 11.3. The monoisotopic (exact) mass is 603 g/mol. The molecule has 0 radical (unpaired) electrons. The first-order chi connectivity index (χ1) is 22.0. The predicted molar refractivity (Wildman–Crippen MR) is 200 cm³/mol. The smallest absolute Gasteiger partial charge is 0.0314 e. The number of nitrogens with two attached hydrogens (primary N) is 3. The fourth-order valence-corrected chi connectivity index (χ4v) is 6.85. The van der Waals surface area contributed by atoms with Crippen LogP contribution in [0.3, 0.4) is 0 Å². The lowest BCUT2D eigenvalue weighted by Crippen LogP contribution is -2.09. The van der Waals surface area contributed by atoms with Crippen molar-refractivity contribution < 1.29 is 0 Å². The van der Waals surface area contributed by atoms with E-state index in [1.807, 2.05) is 0 Å². The van der Waals surface area contributed by atoms with E-state index in [0.717, 1.165) is 36.3 Å². The number of anilines is 3. The molecule has 4 aromatic carbocycles. The van der Waals surface area contributed by atoms with Gasteiger partial charge in [0.2, 0.25) is 0 Å². The topological polar surface area (TPSA) is 78.1 Å². The first-order valence-electron chi connectivity index (χ1n) is 17.8. The standard InChI is InChI=1S/C42H57N3/c1-4-7-10-13-16-37-40(31-19-25-34(43)26-20-31)38(17-14-11-8-5-2)42(33-23-29-36(45)30-24-33)39(18-15-12-9-6-3)41(37)32-21-27-35(44)28-22-32/h19-30H,4-18,43-45H2,1-3H3. The molecule has 0 aliphatic rings. The Bertz CT molecular complexity index is 1250. The minimum atomic E-state index is 0.804. The highest BCUT2D eigenvalue weighted by Crippen LogP contribution is 2.47. The quantitative estimate of drug-likeness (QED) is 0.0782. The maximum Gasteiger partial charge on any atom is 0.0314 e. The number of rotatable bonds is 18. The second kappa shape index (κ2) is 17.7.